The second-order valence-corrected chi connectivity index (χ2v) is 10.4. The van der Waals surface area contributed by atoms with Crippen LogP contribution >= 0.6 is 0 Å². The van der Waals surface area contributed by atoms with Crippen LogP contribution in [0.5, 0.6) is 0 Å². The monoisotopic (exact) mass is 508 g/mol. The van der Waals surface area contributed by atoms with Crippen molar-refractivity contribution in [3.05, 3.63) is 29.6 Å². The SMILES string of the molecule is CC(C)(C)C(NC(=O)C(F)(F)F)C(=O)NC(CC1CC1)C(=O)NC(C#N)C1CNCc2cccnc21. The van der Waals surface area contributed by atoms with Gasteiger partial charge >= 0.3 is 12.1 Å². The number of rotatable bonds is 8. The molecule has 0 aromatic carbocycles. The van der Waals surface area contributed by atoms with Crippen molar-refractivity contribution in [3.63, 3.8) is 0 Å². The van der Waals surface area contributed by atoms with Gasteiger partial charge < -0.3 is 21.3 Å². The van der Waals surface area contributed by atoms with Gasteiger partial charge in [-0.3, -0.25) is 19.4 Å². The lowest BCUT2D eigenvalue weighted by atomic mass is 9.85. The predicted molar refractivity (Wildman–Crippen MR) is 123 cm³/mol. The summed E-state index contributed by atoms with van der Waals surface area (Å²) >= 11 is 0. The number of nitrogens with zero attached hydrogens (tertiary/aromatic N) is 2. The predicted octanol–water partition coefficient (Wildman–Crippen LogP) is 1.65. The van der Waals surface area contributed by atoms with E-state index in [0.717, 1.165) is 18.4 Å². The maximum Gasteiger partial charge on any atom is 0.471 e. The summed E-state index contributed by atoms with van der Waals surface area (Å²) in [5.41, 5.74) is 0.553. The molecule has 12 heteroatoms. The minimum Gasteiger partial charge on any atom is -0.342 e. The van der Waals surface area contributed by atoms with E-state index < -0.39 is 53.4 Å². The number of carbonyl (C=O) groups excluding carboxylic acids is 3. The first-order valence-corrected chi connectivity index (χ1v) is 11.8. The number of hydrogen-bond donors (Lipinski definition) is 4. The molecule has 196 valence electrons. The van der Waals surface area contributed by atoms with Gasteiger partial charge in [-0.25, -0.2) is 0 Å². The van der Waals surface area contributed by atoms with Gasteiger partial charge in [0.25, 0.3) is 0 Å². The third-order valence-electron chi connectivity index (χ3n) is 6.36. The first-order valence-electron chi connectivity index (χ1n) is 11.8. The van der Waals surface area contributed by atoms with Gasteiger partial charge in [-0.15, -0.1) is 0 Å². The highest BCUT2D eigenvalue weighted by molar-refractivity contribution is 5.93. The summed E-state index contributed by atoms with van der Waals surface area (Å²) in [6.45, 7) is 5.53. The molecule has 1 fully saturated rings. The van der Waals surface area contributed by atoms with E-state index in [2.05, 4.69) is 27.0 Å². The third-order valence-corrected chi connectivity index (χ3v) is 6.36. The molecule has 1 aromatic rings. The van der Waals surface area contributed by atoms with Gasteiger partial charge in [0.2, 0.25) is 11.8 Å². The van der Waals surface area contributed by atoms with E-state index in [1.54, 1.807) is 17.6 Å². The van der Waals surface area contributed by atoms with Crippen LogP contribution in [-0.4, -0.2) is 53.6 Å². The van der Waals surface area contributed by atoms with E-state index in [0.29, 0.717) is 18.8 Å². The van der Waals surface area contributed by atoms with Crippen LogP contribution in [0.2, 0.25) is 0 Å². The summed E-state index contributed by atoms with van der Waals surface area (Å²) in [7, 11) is 0. The molecule has 36 heavy (non-hydrogen) atoms. The Morgan fingerprint density at radius 2 is 1.86 bits per heavy atom. The topological polar surface area (TPSA) is 136 Å². The fraction of sp³-hybridized carbons (Fsp3) is 0.625. The molecule has 4 N–H and O–H groups in total. The van der Waals surface area contributed by atoms with E-state index in [1.165, 1.54) is 20.8 Å². The standard InChI is InChI=1S/C24H31F3N6O3/c1-23(2,3)19(33-22(36)24(25,26)27)21(35)31-16(9-13-6-7-13)20(34)32-17(10-28)15-12-29-11-14-5-4-8-30-18(14)15/h4-5,8,13,15-17,19,29H,6-7,9,11-12H2,1-3H3,(H,31,35)(H,32,34)(H,33,36). The molecule has 4 atom stereocenters. The average Bonchev–Trinajstić information content (AvgIpc) is 3.62. The Kier molecular flexibility index (Phi) is 8.23. The highest BCUT2D eigenvalue weighted by Crippen LogP contribution is 2.34. The Morgan fingerprint density at radius 3 is 2.44 bits per heavy atom. The zero-order valence-corrected chi connectivity index (χ0v) is 20.4. The number of pyridine rings is 1. The van der Waals surface area contributed by atoms with Gasteiger partial charge in [-0.05, 0) is 29.4 Å². The molecule has 1 aromatic heterocycles. The van der Waals surface area contributed by atoms with Gasteiger partial charge in [0.15, 0.2) is 0 Å². The first kappa shape index (κ1) is 27.4. The summed E-state index contributed by atoms with van der Waals surface area (Å²) in [5, 5.41) is 20.0. The fourth-order valence-electron chi connectivity index (χ4n) is 4.21. The van der Waals surface area contributed by atoms with E-state index >= 15 is 0 Å². The van der Waals surface area contributed by atoms with Crippen molar-refractivity contribution < 1.29 is 27.6 Å². The molecule has 0 spiro atoms. The zero-order chi connectivity index (χ0) is 26.7. The van der Waals surface area contributed by atoms with Crippen molar-refractivity contribution in [2.45, 2.75) is 76.8 Å². The number of carbonyl (C=O) groups is 3. The van der Waals surface area contributed by atoms with Crippen molar-refractivity contribution in [3.8, 4) is 6.07 Å². The number of nitriles is 1. The van der Waals surface area contributed by atoms with Crippen LogP contribution in [0.3, 0.4) is 0 Å². The van der Waals surface area contributed by atoms with E-state index in [1.807, 2.05) is 6.07 Å². The number of fused-ring (bicyclic) bond motifs is 1. The second-order valence-electron chi connectivity index (χ2n) is 10.4. The van der Waals surface area contributed by atoms with Crippen LogP contribution in [0, 0.1) is 22.7 Å². The quantitative estimate of drug-likeness (QED) is 0.422. The molecule has 3 amide bonds. The zero-order valence-electron chi connectivity index (χ0n) is 20.4. The highest BCUT2D eigenvalue weighted by atomic mass is 19.4. The molecule has 9 nitrogen and oxygen atoms in total. The minimum atomic E-state index is -5.16. The van der Waals surface area contributed by atoms with Gasteiger partial charge in [0, 0.05) is 25.2 Å². The summed E-state index contributed by atoms with van der Waals surface area (Å²) in [6.07, 6.45) is -1.55. The molecular weight excluding hydrogens is 477 g/mol. The molecule has 2 heterocycles. The van der Waals surface area contributed by atoms with Crippen LogP contribution in [0.1, 0.15) is 57.2 Å². The van der Waals surface area contributed by atoms with Crippen molar-refractivity contribution in [1.29, 1.82) is 5.26 Å². The van der Waals surface area contributed by atoms with Crippen molar-refractivity contribution in [2.75, 3.05) is 6.54 Å². The molecule has 3 rings (SSSR count). The Hall–Kier alpha value is -3.20. The summed E-state index contributed by atoms with van der Waals surface area (Å²) < 4.78 is 38.5. The highest BCUT2D eigenvalue weighted by Gasteiger charge is 2.44. The first-order chi connectivity index (χ1) is 16.8. The van der Waals surface area contributed by atoms with Gasteiger partial charge in [0.05, 0.1) is 11.8 Å². The number of amides is 3. The van der Waals surface area contributed by atoms with Crippen LogP contribution in [0.15, 0.2) is 18.3 Å². The molecule has 0 saturated heterocycles. The van der Waals surface area contributed by atoms with Crippen LogP contribution in [0.25, 0.3) is 0 Å². The number of hydrogen-bond acceptors (Lipinski definition) is 6. The van der Waals surface area contributed by atoms with E-state index in [-0.39, 0.29) is 12.3 Å². The summed E-state index contributed by atoms with van der Waals surface area (Å²) in [4.78, 5) is 42.2. The smallest absolute Gasteiger partial charge is 0.342 e. The summed E-state index contributed by atoms with van der Waals surface area (Å²) in [6, 6.07) is 2.22. The lowest BCUT2D eigenvalue weighted by Crippen LogP contribution is -2.60. The molecule has 1 aliphatic heterocycles. The second kappa shape index (κ2) is 10.8. The molecule has 2 aliphatic rings. The van der Waals surface area contributed by atoms with Crippen LogP contribution in [0.4, 0.5) is 13.2 Å². The molecule has 1 aliphatic carbocycles. The molecule has 1 saturated carbocycles. The van der Waals surface area contributed by atoms with Crippen LogP contribution in [-0.2, 0) is 20.9 Å². The lowest BCUT2D eigenvalue weighted by Gasteiger charge is -2.33. The fourth-order valence-corrected chi connectivity index (χ4v) is 4.21. The van der Waals surface area contributed by atoms with Crippen molar-refractivity contribution in [1.82, 2.24) is 26.3 Å². The lowest BCUT2D eigenvalue weighted by molar-refractivity contribution is -0.175. The van der Waals surface area contributed by atoms with Gasteiger partial charge in [0.1, 0.15) is 18.1 Å². The average molecular weight is 509 g/mol. The maximum atomic E-state index is 13.2. The number of nitrogens with one attached hydrogen (secondary N) is 4. The Balaban J connectivity index is 1.76. The Bertz CT molecular complexity index is 1030. The van der Waals surface area contributed by atoms with E-state index in [9.17, 15) is 32.8 Å². The molecule has 0 bridgehead atoms. The third kappa shape index (κ3) is 6.94. The van der Waals surface area contributed by atoms with Gasteiger partial charge in [-0.2, -0.15) is 18.4 Å². The number of halogens is 3. The summed E-state index contributed by atoms with van der Waals surface area (Å²) in [5.74, 6) is -3.99. The van der Waals surface area contributed by atoms with Crippen LogP contribution < -0.4 is 21.3 Å². The van der Waals surface area contributed by atoms with Gasteiger partial charge in [-0.1, -0.05) is 39.7 Å². The maximum absolute atomic E-state index is 13.2. The van der Waals surface area contributed by atoms with Crippen molar-refractivity contribution in [2.24, 2.45) is 11.3 Å². The largest absolute Gasteiger partial charge is 0.471 e. The number of aromatic nitrogens is 1. The van der Waals surface area contributed by atoms with Crippen molar-refractivity contribution >= 4 is 17.7 Å². The Morgan fingerprint density at radius 1 is 1.17 bits per heavy atom. The minimum absolute atomic E-state index is 0.179. The molecular formula is C24H31F3N6O3. The normalized spacial score (nSPS) is 20.2. The Labute approximate surface area is 207 Å². The molecule has 4 unspecified atom stereocenters. The van der Waals surface area contributed by atoms with E-state index in [4.69, 9.17) is 0 Å². The number of alkyl halides is 3. The molecule has 0 radical (unpaired) electrons.